The van der Waals surface area contributed by atoms with Gasteiger partial charge >= 0.3 is 5.97 Å². The molecule has 0 atom stereocenters. The minimum absolute atomic E-state index is 0.696. The van der Waals surface area contributed by atoms with Crippen molar-refractivity contribution in [2.24, 2.45) is 0 Å². The van der Waals surface area contributed by atoms with Gasteiger partial charge < -0.3 is 5.11 Å². The molecule has 0 amide bonds. The van der Waals surface area contributed by atoms with E-state index in [0.717, 1.165) is 16.3 Å². The van der Waals surface area contributed by atoms with Gasteiger partial charge in [0.1, 0.15) is 10.4 Å². The molecule has 1 aromatic heterocycles. The molecule has 1 heterocycles. The number of aliphatic carboxylic acids is 1. The highest BCUT2D eigenvalue weighted by atomic mass is 32.1. The average molecular weight is 259 g/mol. The molecule has 1 aliphatic rings. The number of benzene rings is 1. The Morgan fingerprint density at radius 1 is 1.44 bits per heavy atom. The van der Waals surface area contributed by atoms with E-state index in [9.17, 15) is 9.90 Å². The van der Waals surface area contributed by atoms with E-state index in [1.54, 1.807) is 0 Å². The molecule has 4 heteroatoms. The van der Waals surface area contributed by atoms with Gasteiger partial charge in [0, 0.05) is 10.9 Å². The second kappa shape index (κ2) is 3.92. The van der Waals surface area contributed by atoms with E-state index in [0.29, 0.717) is 12.8 Å². The van der Waals surface area contributed by atoms with Crippen LogP contribution in [0.25, 0.3) is 10.6 Å². The molecular weight excluding hydrogens is 246 g/mol. The molecule has 0 radical (unpaired) electrons. The highest BCUT2D eigenvalue weighted by molar-refractivity contribution is 7.13. The summed E-state index contributed by atoms with van der Waals surface area (Å²) in [6, 6.07) is 8.12. The van der Waals surface area contributed by atoms with E-state index in [4.69, 9.17) is 0 Å². The maximum Gasteiger partial charge on any atom is 0.315 e. The van der Waals surface area contributed by atoms with Crippen molar-refractivity contribution in [1.82, 2.24) is 4.98 Å². The van der Waals surface area contributed by atoms with Crippen molar-refractivity contribution in [2.45, 2.75) is 25.2 Å². The summed E-state index contributed by atoms with van der Waals surface area (Å²) in [7, 11) is 0. The van der Waals surface area contributed by atoms with Gasteiger partial charge in [-0.15, -0.1) is 11.3 Å². The van der Waals surface area contributed by atoms with Crippen molar-refractivity contribution in [3.8, 4) is 10.6 Å². The van der Waals surface area contributed by atoms with Crippen LogP contribution in [0.1, 0.15) is 24.1 Å². The van der Waals surface area contributed by atoms with Crippen molar-refractivity contribution in [1.29, 1.82) is 0 Å². The summed E-state index contributed by atoms with van der Waals surface area (Å²) in [5.74, 6) is -0.747. The summed E-state index contributed by atoms with van der Waals surface area (Å²) in [4.78, 5) is 15.8. The highest BCUT2D eigenvalue weighted by Gasteiger charge is 2.53. The smallest absolute Gasteiger partial charge is 0.315 e. The molecular formula is C14H13NO2S. The topological polar surface area (TPSA) is 50.2 Å². The first-order valence-electron chi connectivity index (χ1n) is 5.88. The Morgan fingerprint density at radius 2 is 2.22 bits per heavy atom. The quantitative estimate of drug-likeness (QED) is 0.920. The van der Waals surface area contributed by atoms with E-state index >= 15 is 0 Å². The second-order valence-electron chi connectivity index (χ2n) is 4.79. The predicted octanol–water partition coefficient (Wildman–Crippen LogP) is 3.23. The Balaban J connectivity index is 1.98. The number of thiazole rings is 1. The number of carboxylic acids is 1. The van der Waals surface area contributed by atoms with Crippen LogP contribution in [-0.4, -0.2) is 16.1 Å². The Hall–Kier alpha value is -1.68. The summed E-state index contributed by atoms with van der Waals surface area (Å²) < 4.78 is 0. The van der Waals surface area contributed by atoms with E-state index < -0.39 is 11.4 Å². The van der Waals surface area contributed by atoms with Crippen LogP contribution >= 0.6 is 11.3 Å². The molecule has 3 nitrogen and oxygen atoms in total. The minimum Gasteiger partial charge on any atom is -0.481 e. The average Bonchev–Trinajstić information content (AvgIpc) is 3.01. The highest BCUT2D eigenvalue weighted by Crippen LogP contribution is 2.49. The second-order valence-corrected chi connectivity index (χ2v) is 5.65. The van der Waals surface area contributed by atoms with E-state index in [-0.39, 0.29) is 0 Å². The molecule has 0 saturated heterocycles. The molecule has 1 aromatic carbocycles. The van der Waals surface area contributed by atoms with Crippen molar-refractivity contribution in [2.75, 3.05) is 0 Å². The lowest BCUT2D eigenvalue weighted by Gasteiger charge is -2.04. The number of nitrogens with zero attached hydrogens (tertiary/aromatic N) is 1. The lowest BCUT2D eigenvalue weighted by molar-refractivity contribution is -0.140. The molecule has 1 saturated carbocycles. The molecule has 0 spiro atoms. The molecule has 1 fully saturated rings. The number of aromatic nitrogens is 1. The van der Waals surface area contributed by atoms with Gasteiger partial charge in [-0.25, -0.2) is 4.98 Å². The molecule has 92 valence electrons. The fraction of sp³-hybridized carbons (Fsp3) is 0.286. The first-order chi connectivity index (χ1) is 8.62. The molecule has 1 N–H and O–H groups in total. The largest absolute Gasteiger partial charge is 0.481 e. The Morgan fingerprint density at radius 3 is 2.83 bits per heavy atom. The Labute approximate surface area is 109 Å². The predicted molar refractivity (Wildman–Crippen MR) is 70.8 cm³/mol. The third-order valence-electron chi connectivity index (χ3n) is 3.42. The van der Waals surface area contributed by atoms with Gasteiger partial charge in [0.25, 0.3) is 0 Å². The summed E-state index contributed by atoms with van der Waals surface area (Å²) in [6.07, 6.45) is 1.42. The van der Waals surface area contributed by atoms with Crippen LogP contribution in [0.15, 0.2) is 29.6 Å². The molecule has 3 rings (SSSR count). The van der Waals surface area contributed by atoms with Crippen LogP contribution in [0, 0.1) is 6.92 Å². The molecule has 0 aliphatic heterocycles. The maximum absolute atomic E-state index is 11.2. The van der Waals surface area contributed by atoms with Crippen molar-refractivity contribution >= 4 is 17.3 Å². The Bertz CT molecular complexity index is 614. The fourth-order valence-corrected chi connectivity index (χ4v) is 3.02. The van der Waals surface area contributed by atoms with Crippen molar-refractivity contribution in [3.63, 3.8) is 0 Å². The van der Waals surface area contributed by atoms with Gasteiger partial charge in [-0.2, -0.15) is 0 Å². The fourth-order valence-electron chi connectivity index (χ4n) is 2.11. The van der Waals surface area contributed by atoms with E-state index in [2.05, 4.69) is 11.1 Å². The van der Waals surface area contributed by atoms with Gasteiger partial charge in [0.05, 0.1) is 5.69 Å². The van der Waals surface area contributed by atoms with E-state index in [1.165, 1.54) is 16.9 Å². The first-order valence-corrected chi connectivity index (χ1v) is 6.76. The SMILES string of the molecule is Cc1cccc(-c2nc(C3(C(=O)O)CC3)cs2)c1. The first kappa shape index (κ1) is 11.4. The van der Waals surface area contributed by atoms with Gasteiger partial charge in [-0.3, -0.25) is 4.79 Å². The zero-order valence-electron chi connectivity index (χ0n) is 10.0. The molecule has 0 bridgehead atoms. The normalized spacial score (nSPS) is 16.5. The number of hydrogen-bond acceptors (Lipinski definition) is 3. The zero-order valence-corrected chi connectivity index (χ0v) is 10.8. The third kappa shape index (κ3) is 1.73. The van der Waals surface area contributed by atoms with Crippen LogP contribution in [0.5, 0.6) is 0 Å². The van der Waals surface area contributed by atoms with Crippen LogP contribution in [-0.2, 0) is 10.2 Å². The van der Waals surface area contributed by atoms with Gasteiger partial charge in [-0.1, -0.05) is 23.8 Å². The van der Waals surface area contributed by atoms with Crippen LogP contribution in [0.4, 0.5) is 0 Å². The van der Waals surface area contributed by atoms with Gasteiger partial charge in [-0.05, 0) is 25.8 Å². The molecule has 1 aliphatic carbocycles. The third-order valence-corrected chi connectivity index (χ3v) is 4.31. The molecule has 18 heavy (non-hydrogen) atoms. The summed E-state index contributed by atoms with van der Waals surface area (Å²) in [5, 5.41) is 12.0. The van der Waals surface area contributed by atoms with Crippen LogP contribution in [0.2, 0.25) is 0 Å². The zero-order chi connectivity index (χ0) is 12.8. The summed E-state index contributed by atoms with van der Waals surface area (Å²) in [5.41, 5.74) is 2.27. The van der Waals surface area contributed by atoms with E-state index in [1.807, 2.05) is 30.5 Å². The van der Waals surface area contributed by atoms with Crippen molar-refractivity contribution in [3.05, 3.63) is 40.9 Å². The number of hydrogen-bond donors (Lipinski definition) is 1. The molecule has 0 unspecified atom stereocenters. The monoisotopic (exact) mass is 259 g/mol. The lowest BCUT2D eigenvalue weighted by atomic mass is 10.0. The van der Waals surface area contributed by atoms with Crippen LogP contribution in [0.3, 0.4) is 0 Å². The van der Waals surface area contributed by atoms with Crippen LogP contribution < -0.4 is 0 Å². The molecule has 2 aromatic rings. The van der Waals surface area contributed by atoms with Gasteiger partial charge in [0.2, 0.25) is 0 Å². The summed E-state index contributed by atoms with van der Waals surface area (Å²) in [6.45, 7) is 2.04. The van der Waals surface area contributed by atoms with Gasteiger partial charge in [0.15, 0.2) is 0 Å². The maximum atomic E-state index is 11.2. The standard InChI is InChI=1S/C14H13NO2S/c1-9-3-2-4-10(7-9)12-15-11(8-18-12)14(5-6-14)13(16)17/h2-4,7-8H,5-6H2,1H3,(H,16,17). The number of rotatable bonds is 3. The van der Waals surface area contributed by atoms with Crippen molar-refractivity contribution < 1.29 is 9.90 Å². The minimum atomic E-state index is -0.747. The number of carbonyl (C=O) groups is 1. The summed E-state index contributed by atoms with van der Waals surface area (Å²) >= 11 is 1.52. The number of carboxylic acid groups (broad SMARTS) is 1. The lowest BCUT2D eigenvalue weighted by Crippen LogP contribution is -2.19. The Kier molecular flexibility index (Phi) is 2.48. The number of aryl methyl sites for hydroxylation is 1.